The minimum absolute atomic E-state index is 0.00822. The van der Waals surface area contributed by atoms with E-state index in [4.69, 9.17) is 4.74 Å². The summed E-state index contributed by atoms with van der Waals surface area (Å²) in [5.74, 6) is 0.204. The quantitative estimate of drug-likeness (QED) is 0.0753. The standard InChI is InChI=1S/C26H18F3I2N5O4S/c27-26(28,29)17-4-2-5-18(10-17)33-25-34-19(14-41-25)11-23(37)35-32-12-16-8-21(30)24(22(31)9-16)40-13-15-3-1-6-20(7-15)36(38)39/h1-10,12,14H,11,13H2,(H,33,34)(H,35,37)/b32-12-. The molecule has 0 spiro atoms. The number of nitrogens with zero attached hydrogens (tertiary/aromatic N) is 3. The number of hydrazone groups is 1. The predicted molar refractivity (Wildman–Crippen MR) is 166 cm³/mol. The Morgan fingerprint density at radius 3 is 2.56 bits per heavy atom. The van der Waals surface area contributed by atoms with Crippen molar-refractivity contribution in [2.24, 2.45) is 5.10 Å². The molecule has 1 aromatic heterocycles. The van der Waals surface area contributed by atoms with Crippen LogP contribution in [-0.4, -0.2) is 22.0 Å². The first-order valence-corrected chi connectivity index (χ1v) is 14.6. The van der Waals surface area contributed by atoms with Gasteiger partial charge in [0.25, 0.3) is 5.69 Å². The second-order valence-corrected chi connectivity index (χ2v) is 11.5. The summed E-state index contributed by atoms with van der Waals surface area (Å²) in [4.78, 5) is 27.1. The molecule has 15 heteroatoms. The molecule has 3 aromatic carbocycles. The number of nitro benzene ring substituents is 1. The highest BCUT2D eigenvalue weighted by molar-refractivity contribution is 14.1. The van der Waals surface area contributed by atoms with Crippen molar-refractivity contribution in [3.05, 3.63) is 106 Å². The van der Waals surface area contributed by atoms with Crippen molar-refractivity contribution in [2.75, 3.05) is 5.32 Å². The Hall–Kier alpha value is -3.32. The van der Waals surface area contributed by atoms with Crippen LogP contribution in [0.3, 0.4) is 0 Å². The van der Waals surface area contributed by atoms with Crippen LogP contribution in [-0.2, 0) is 24.0 Å². The van der Waals surface area contributed by atoms with Gasteiger partial charge in [0.1, 0.15) is 12.4 Å². The molecule has 9 nitrogen and oxygen atoms in total. The zero-order valence-electron chi connectivity index (χ0n) is 20.6. The smallest absolute Gasteiger partial charge is 0.416 e. The van der Waals surface area contributed by atoms with E-state index in [1.807, 2.05) is 12.1 Å². The van der Waals surface area contributed by atoms with Gasteiger partial charge in [-0.3, -0.25) is 14.9 Å². The van der Waals surface area contributed by atoms with Gasteiger partial charge >= 0.3 is 6.18 Å². The van der Waals surface area contributed by atoms with Crippen LogP contribution in [0.2, 0.25) is 0 Å². The van der Waals surface area contributed by atoms with Crippen LogP contribution in [0.15, 0.2) is 71.1 Å². The molecule has 0 unspecified atom stereocenters. The average Bonchev–Trinajstić information content (AvgIpc) is 3.34. The molecule has 1 amide bonds. The van der Waals surface area contributed by atoms with Crippen LogP contribution < -0.4 is 15.5 Å². The number of aromatic nitrogens is 1. The minimum atomic E-state index is -4.45. The summed E-state index contributed by atoms with van der Waals surface area (Å²) in [5, 5.41) is 19.8. The molecule has 0 aliphatic carbocycles. The Morgan fingerprint density at radius 1 is 1.12 bits per heavy atom. The molecule has 0 saturated carbocycles. The van der Waals surface area contributed by atoms with Crippen molar-refractivity contribution in [1.82, 2.24) is 10.4 Å². The van der Waals surface area contributed by atoms with Crippen LogP contribution in [0.1, 0.15) is 22.4 Å². The van der Waals surface area contributed by atoms with Gasteiger partial charge in [-0.25, -0.2) is 10.4 Å². The highest BCUT2D eigenvalue weighted by Gasteiger charge is 2.30. The number of carbonyl (C=O) groups is 1. The summed E-state index contributed by atoms with van der Waals surface area (Å²) in [6.07, 6.45) is -3.04. The van der Waals surface area contributed by atoms with Gasteiger partial charge in [0, 0.05) is 23.2 Å². The Morgan fingerprint density at radius 2 is 1.85 bits per heavy atom. The zero-order valence-corrected chi connectivity index (χ0v) is 25.7. The summed E-state index contributed by atoms with van der Waals surface area (Å²) in [6, 6.07) is 14.6. The lowest BCUT2D eigenvalue weighted by Crippen LogP contribution is -2.20. The van der Waals surface area contributed by atoms with Crippen molar-refractivity contribution in [3.8, 4) is 5.75 Å². The van der Waals surface area contributed by atoms with Gasteiger partial charge in [0.2, 0.25) is 5.91 Å². The minimum Gasteiger partial charge on any atom is -0.487 e. The van der Waals surface area contributed by atoms with E-state index in [0.29, 0.717) is 27.7 Å². The average molecular weight is 807 g/mol. The topological polar surface area (TPSA) is 119 Å². The van der Waals surface area contributed by atoms with Gasteiger partial charge in [0.15, 0.2) is 5.13 Å². The first kappa shape index (κ1) is 30.6. The number of non-ortho nitro benzene ring substituents is 1. The molecule has 0 bridgehead atoms. The van der Waals surface area contributed by atoms with Crippen molar-refractivity contribution in [3.63, 3.8) is 0 Å². The molecule has 4 aromatic rings. The lowest BCUT2D eigenvalue weighted by molar-refractivity contribution is -0.384. The largest absolute Gasteiger partial charge is 0.487 e. The van der Waals surface area contributed by atoms with Gasteiger partial charge in [-0.15, -0.1) is 11.3 Å². The van der Waals surface area contributed by atoms with E-state index in [-0.39, 0.29) is 24.4 Å². The summed E-state index contributed by atoms with van der Waals surface area (Å²) >= 11 is 5.39. The third kappa shape index (κ3) is 8.83. The first-order valence-electron chi connectivity index (χ1n) is 11.5. The van der Waals surface area contributed by atoms with Gasteiger partial charge in [-0.05, 0) is 86.6 Å². The maximum absolute atomic E-state index is 12.9. The monoisotopic (exact) mass is 807 g/mol. The van der Waals surface area contributed by atoms with E-state index in [1.165, 1.54) is 30.5 Å². The maximum Gasteiger partial charge on any atom is 0.416 e. The normalized spacial score (nSPS) is 11.4. The number of hydrogen-bond acceptors (Lipinski definition) is 8. The summed E-state index contributed by atoms with van der Waals surface area (Å²) in [6.45, 7) is 0.158. The maximum atomic E-state index is 12.9. The number of ether oxygens (including phenoxy) is 1. The Kier molecular flexibility index (Phi) is 10.1. The van der Waals surface area contributed by atoms with E-state index < -0.39 is 22.6 Å². The third-order valence-corrected chi connectivity index (χ3v) is 7.67. The van der Waals surface area contributed by atoms with Crippen molar-refractivity contribution in [2.45, 2.75) is 19.2 Å². The molecule has 0 saturated heterocycles. The number of thiazole rings is 1. The molecule has 1 heterocycles. The fourth-order valence-electron chi connectivity index (χ4n) is 3.43. The number of halogens is 5. The first-order chi connectivity index (χ1) is 19.5. The molecule has 0 fully saturated rings. The molecule has 41 heavy (non-hydrogen) atoms. The fourth-order valence-corrected chi connectivity index (χ4v) is 6.29. The van der Waals surface area contributed by atoms with Crippen LogP contribution in [0.25, 0.3) is 0 Å². The molecule has 0 radical (unpaired) electrons. The summed E-state index contributed by atoms with van der Waals surface area (Å²) in [5.41, 5.74) is 3.70. The molecule has 212 valence electrons. The zero-order chi connectivity index (χ0) is 29.6. The van der Waals surface area contributed by atoms with E-state index >= 15 is 0 Å². The summed E-state index contributed by atoms with van der Waals surface area (Å²) < 4.78 is 46.2. The molecule has 2 N–H and O–H groups in total. The fraction of sp³-hybridized carbons (Fsp3) is 0.115. The molecule has 4 rings (SSSR count). The van der Waals surface area contributed by atoms with Gasteiger partial charge in [-0.2, -0.15) is 18.3 Å². The van der Waals surface area contributed by atoms with Crippen molar-refractivity contribution in [1.29, 1.82) is 0 Å². The van der Waals surface area contributed by atoms with Gasteiger partial charge in [0.05, 0.1) is 36.0 Å². The lowest BCUT2D eigenvalue weighted by atomic mass is 10.2. The molecular formula is C26H18F3I2N5O4S. The number of nitrogens with one attached hydrogen (secondary N) is 2. The number of nitro groups is 1. The number of rotatable bonds is 10. The Bertz CT molecular complexity index is 1590. The van der Waals surface area contributed by atoms with Crippen molar-refractivity contribution >= 4 is 85.1 Å². The Labute approximate surface area is 262 Å². The highest BCUT2D eigenvalue weighted by atomic mass is 127. The number of anilines is 2. The number of alkyl halides is 3. The lowest BCUT2D eigenvalue weighted by Gasteiger charge is -2.11. The third-order valence-electron chi connectivity index (χ3n) is 5.26. The number of amides is 1. The van der Waals surface area contributed by atoms with E-state index in [1.54, 1.807) is 17.5 Å². The summed E-state index contributed by atoms with van der Waals surface area (Å²) in [7, 11) is 0. The van der Waals surface area contributed by atoms with Gasteiger partial charge in [-0.1, -0.05) is 18.2 Å². The second kappa shape index (κ2) is 13.6. The van der Waals surface area contributed by atoms with E-state index in [9.17, 15) is 28.1 Å². The molecule has 0 atom stereocenters. The van der Waals surface area contributed by atoms with E-state index in [0.717, 1.165) is 30.6 Å². The van der Waals surface area contributed by atoms with Crippen LogP contribution in [0, 0.1) is 17.3 Å². The molecule has 0 aliphatic rings. The SMILES string of the molecule is O=C(Cc1csc(Nc2cccc(C(F)(F)F)c2)n1)N/N=C\c1cc(I)c(OCc2cccc([N+](=O)[O-])c2)c(I)c1. The second-order valence-electron chi connectivity index (χ2n) is 8.35. The van der Waals surface area contributed by atoms with Crippen LogP contribution in [0.4, 0.5) is 29.7 Å². The van der Waals surface area contributed by atoms with Gasteiger partial charge < -0.3 is 10.1 Å². The molecule has 0 aliphatic heterocycles. The Balaban J connectivity index is 1.30. The van der Waals surface area contributed by atoms with Crippen LogP contribution >= 0.6 is 56.5 Å². The predicted octanol–water partition coefficient (Wildman–Crippen LogP) is 7.29. The van der Waals surface area contributed by atoms with Crippen LogP contribution in [0.5, 0.6) is 5.75 Å². The highest BCUT2D eigenvalue weighted by Crippen LogP contribution is 2.32. The molecular weight excluding hydrogens is 789 g/mol. The number of benzene rings is 3. The van der Waals surface area contributed by atoms with E-state index in [2.05, 4.69) is 66.0 Å². The number of carbonyl (C=O) groups excluding carboxylic acids is 1. The number of hydrogen-bond donors (Lipinski definition) is 2. The van der Waals surface area contributed by atoms with Crippen molar-refractivity contribution < 1.29 is 27.6 Å².